The molecule has 4 heteroatoms. The highest BCUT2D eigenvalue weighted by atomic mass is 32.1. The van der Waals surface area contributed by atoms with Crippen molar-refractivity contribution in [3.05, 3.63) is 57.8 Å². The first-order valence-corrected chi connectivity index (χ1v) is 6.80. The molecular weight excluding hydrogens is 252 g/mol. The molecule has 1 aromatic carbocycles. The Morgan fingerprint density at radius 3 is 2.72 bits per heavy atom. The van der Waals surface area contributed by atoms with Gasteiger partial charge in [0.05, 0.1) is 0 Å². The van der Waals surface area contributed by atoms with E-state index < -0.39 is 11.6 Å². The average molecular weight is 267 g/mol. The first kappa shape index (κ1) is 13.2. The molecule has 2 aromatic rings. The van der Waals surface area contributed by atoms with Crippen LogP contribution in [-0.2, 0) is 6.42 Å². The van der Waals surface area contributed by atoms with E-state index in [-0.39, 0.29) is 6.04 Å². The minimum absolute atomic E-state index is 0.0127. The largest absolute Gasteiger partial charge is 0.310 e. The minimum Gasteiger partial charge on any atom is -0.310 e. The fourth-order valence-electron chi connectivity index (χ4n) is 1.77. The summed E-state index contributed by atoms with van der Waals surface area (Å²) < 4.78 is 25.9. The first-order chi connectivity index (χ1) is 8.66. The Hall–Kier alpha value is -1.26. The molecule has 1 atom stereocenters. The van der Waals surface area contributed by atoms with E-state index in [9.17, 15) is 8.78 Å². The lowest BCUT2D eigenvalue weighted by molar-refractivity contribution is 0.501. The third kappa shape index (κ3) is 3.37. The summed E-state index contributed by atoms with van der Waals surface area (Å²) in [7, 11) is 0. The molecule has 0 spiro atoms. The number of halogens is 2. The maximum atomic E-state index is 13.1. The lowest BCUT2D eigenvalue weighted by atomic mass is 10.1. The summed E-state index contributed by atoms with van der Waals surface area (Å²) in [5, 5.41) is 7.46. The molecule has 0 aliphatic carbocycles. The van der Waals surface area contributed by atoms with Gasteiger partial charge in [-0.25, -0.2) is 8.78 Å². The van der Waals surface area contributed by atoms with Gasteiger partial charge in [0.25, 0.3) is 0 Å². The Morgan fingerprint density at radius 1 is 1.22 bits per heavy atom. The number of hydrogen-bond donors (Lipinski definition) is 1. The topological polar surface area (TPSA) is 12.0 Å². The summed E-state index contributed by atoms with van der Waals surface area (Å²) >= 11 is 1.68. The van der Waals surface area contributed by atoms with Crippen LogP contribution in [0.3, 0.4) is 0 Å². The van der Waals surface area contributed by atoms with Crippen molar-refractivity contribution in [2.75, 3.05) is 6.54 Å². The van der Waals surface area contributed by atoms with Gasteiger partial charge in [-0.1, -0.05) is 6.07 Å². The molecule has 96 valence electrons. The summed E-state index contributed by atoms with van der Waals surface area (Å²) in [5.74, 6) is -1.59. The SMILES string of the molecule is CC(NCCc1ccsc1)c1ccc(F)c(F)c1. The molecule has 1 unspecified atom stereocenters. The molecule has 0 aliphatic heterocycles. The van der Waals surface area contributed by atoms with Crippen LogP contribution in [0.15, 0.2) is 35.0 Å². The molecule has 1 heterocycles. The van der Waals surface area contributed by atoms with Crippen molar-refractivity contribution in [1.82, 2.24) is 5.32 Å². The highest BCUT2D eigenvalue weighted by Crippen LogP contribution is 2.16. The smallest absolute Gasteiger partial charge is 0.159 e. The zero-order chi connectivity index (χ0) is 13.0. The van der Waals surface area contributed by atoms with Crippen LogP contribution in [0.4, 0.5) is 8.78 Å². The minimum atomic E-state index is -0.802. The molecule has 0 amide bonds. The zero-order valence-corrected chi connectivity index (χ0v) is 10.9. The predicted octanol–water partition coefficient (Wildman–Crippen LogP) is 3.92. The molecule has 2 rings (SSSR count). The second-order valence-electron chi connectivity index (χ2n) is 4.23. The first-order valence-electron chi connectivity index (χ1n) is 5.86. The van der Waals surface area contributed by atoms with Gasteiger partial charge in [-0.05, 0) is 60.0 Å². The predicted molar refractivity (Wildman–Crippen MR) is 70.8 cm³/mol. The van der Waals surface area contributed by atoms with Gasteiger partial charge in [0.15, 0.2) is 11.6 Å². The number of hydrogen-bond acceptors (Lipinski definition) is 2. The van der Waals surface area contributed by atoms with Gasteiger partial charge in [0.1, 0.15) is 0 Å². The summed E-state index contributed by atoms with van der Waals surface area (Å²) in [6.07, 6.45) is 0.942. The van der Waals surface area contributed by atoms with Gasteiger partial charge < -0.3 is 5.32 Å². The molecule has 0 aliphatic rings. The van der Waals surface area contributed by atoms with Crippen LogP contribution in [0.2, 0.25) is 0 Å². The lowest BCUT2D eigenvalue weighted by Crippen LogP contribution is -2.21. The number of benzene rings is 1. The van der Waals surface area contributed by atoms with Crippen LogP contribution in [0, 0.1) is 11.6 Å². The summed E-state index contributed by atoms with van der Waals surface area (Å²) in [5.41, 5.74) is 2.06. The van der Waals surface area contributed by atoms with Gasteiger partial charge in [-0.3, -0.25) is 0 Å². The molecule has 0 radical (unpaired) electrons. The van der Waals surface area contributed by atoms with Crippen molar-refractivity contribution in [3.63, 3.8) is 0 Å². The normalized spacial score (nSPS) is 12.6. The van der Waals surface area contributed by atoms with E-state index in [0.717, 1.165) is 18.5 Å². The highest BCUT2D eigenvalue weighted by Gasteiger charge is 2.08. The van der Waals surface area contributed by atoms with Gasteiger partial charge in [0, 0.05) is 6.04 Å². The van der Waals surface area contributed by atoms with Crippen molar-refractivity contribution in [2.45, 2.75) is 19.4 Å². The van der Waals surface area contributed by atoms with E-state index in [0.29, 0.717) is 0 Å². The fraction of sp³-hybridized carbons (Fsp3) is 0.286. The van der Waals surface area contributed by atoms with Crippen molar-refractivity contribution in [1.29, 1.82) is 0 Å². The molecule has 0 bridgehead atoms. The second kappa shape index (κ2) is 6.07. The van der Waals surface area contributed by atoms with Gasteiger partial charge in [-0.15, -0.1) is 0 Å². The Morgan fingerprint density at radius 2 is 2.06 bits per heavy atom. The molecule has 0 saturated carbocycles. The number of thiophene rings is 1. The molecule has 0 saturated heterocycles. The molecule has 1 nitrogen and oxygen atoms in total. The maximum Gasteiger partial charge on any atom is 0.159 e. The quantitative estimate of drug-likeness (QED) is 0.865. The van der Waals surface area contributed by atoms with Gasteiger partial charge >= 0.3 is 0 Å². The molecule has 18 heavy (non-hydrogen) atoms. The Labute approximate surface area is 109 Å². The van der Waals surface area contributed by atoms with Crippen molar-refractivity contribution >= 4 is 11.3 Å². The summed E-state index contributed by atoms with van der Waals surface area (Å²) in [6, 6.07) is 6.13. The third-order valence-corrected chi connectivity index (χ3v) is 3.62. The molecular formula is C14H15F2NS. The average Bonchev–Trinajstić information content (AvgIpc) is 2.85. The van der Waals surface area contributed by atoms with E-state index in [1.165, 1.54) is 17.7 Å². The Bertz CT molecular complexity index is 497. The summed E-state index contributed by atoms with van der Waals surface area (Å²) in [4.78, 5) is 0. The van der Waals surface area contributed by atoms with Crippen LogP contribution in [-0.4, -0.2) is 6.54 Å². The monoisotopic (exact) mass is 267 g/mol. The summed E-state index contributed by atoms with van der Waals surface area (Å²) in [6.45, 7) is 2.76. The number of nitrogens with one attached hydrogen (secondary N) is 1. The van der Waals surface area contributed by atoms with E-state index in [2.05, 4.69) is 16.8 Å². The third-order valence-electron chi connectivity index (χ3n) is 2.89. The molecule has 1 N–H and O–H groups in total. The standard InChI is InChI=1S/C14H15F2NS/c1-10(12-2-3-13(15)14(16)8-12)17-6-4-11-5-7-18-9-11/h2-3,5,7-10,17H,4,6H2,1H3. The second-order valence-corrected chi connectivity index (χ2v) is 5.01. The van der Waals surface area contributed by atoms with Gasteiger partial charge in [0.2, 0.25) is 0 Å². The van der Waals surface area contributed by atoms with Crippen LogP contribution in [0.25, 0.3) is 0 Å². The van der Waals surface area contributed by atoms with Crippen molar-refractivity contribution in [2.24, 2.45) is 0 Å². The van der Waals surface area contributed by atoms with E-state index in [1.54, 1.807) is 17.4 Å². The molecule has 1 aromatic heterocycles. The molecule has 0 fully saturated rings. The maximum absolute atomic E-state index is 13.1. The van der Waals surface area contributed by atoms with Crippen molar-refractivity contribution < 1.29 is 8.78 Å². The fourth-order valence-corrected chi connectivity index (χ4v) is 2.47. The van der Waals surface area contributed by atoms with E-state index in [1.807, 2.05) is 12.3 Å². The van der Waals surface area contributed by atoms with Crippen LogP contribution < -0.4 is 5.32 Å². The Balaban J connectivity index is 1.87. The lowest BCUT2D eigenvalue weighted by Gasteiger charge is -2.14. The van der Waals surface area contributed by atoms with Gasteiger partial charge in [-0.2, -0.15) is 11.3 Å². The van der Waals surface area contributed by atoms with Crippen LogP contribution in [0.1, 0.15) is 24.1 Å². The highest BCUT2D eigenvalue weighted by molar-refractivity contribution is 7.07. The zero-order valence-electron chi connectivity index (χ0n) is 10.1. The number of rotatable bonds is 5. The van der Waals surface area contributed by atoms with Crippen molar-refractivity contribution in [3.8, 4) is 0 Å². The van der Waals surface area contributed by atoms with Crippen LogP contribution in [0.5, 0.6) is 0 Å². The Kier molecular flexibility index (Phi) is 4.44. The van der Waals surface area contributed by atoms with E-state index >= 15 is 0 Å². The van der Waals surface area contributed by atoms with E-state index in [4.69, 9.17) is 0 Å². The van der Waals surface area contributed by atoms with Crippen LogP contribution >= 0.6 is 11.3 Å².